The summed E-state index contributed by atoms with van der Waals surface area (Å²) < 4.78 is 0.878. The quantitative estimate of drug-likeness (QED) is 0.923. The zero-order chi connectivity index (χ0) is 13.3. The molecule has 1 saturated heterocycles. The molecule has 1 aromatic carbocycles. The maximum Gasteiger partial charge on any atom is 0.308 e. The molecule has 0 spiro atoms. The van der Waals surface area contributed by atoms with Gasteiger partial charge in [-0.3, -0.25) is 9.69 Å². The number of nitrogens with zero attached hydrogens (tertiary/aromatic N) is 1. The number of carboxylic acids is 1. The van der Waals surface area contributed by atoms with Gasteiger partial charge in [0.25, 0.3) is 0 Å². The zero-order valence-corrected chi connectivity index (χ0v) is 12.4. The summed E-state index contributed by atoms with van der Waals surface area (Å²) in [6.45, 7) is 4.22. The molecule has 18 heavy (non-hydrogen) atoms. The number of rotatable bonds is 3. The largest absolute Gasteiger partial charge is 0.481 e. The summed E-state index contributed by atoms with van der Waals surface area (Å²) in [7, 11) is 0. The number of likely N-dealkylation sites (tertiary alicyclic amines) is 1. The van der Waals surface area contributed by atoms with Gasteiger partial charge in [0.05, 0.1) is 10.9 Å². The molecule has 0 amide bonds. The van der Waals surface area contributed by atoms with Gasteiger partial charge in [0.15, 0.2) is 0 Å². The number of carboxylic acid groups (broad SMARTS) is 1. The smallest absolute Gasteiger partial charge is 0.308 e. The second-order valence-corrected chi connectivity index (χ2v) is 6.13. The maximum absolute atomic E-state index is 11.1. The van der Waals surface area contributed by atoms with Crippen molar-refractivity contribution in [1.82, 2.24) is 4.90 Å². The molecular formula is C13H15BrClNO2. The lowest BCUT2D eigenvalue weighted by molar-refractivity contribution is -0.142. The van der Waals surface area contributed by atoms with Crippen LogP contribution in [-0.4, -0.2) is 29.1 Å². The van der Waals surface area contributed by atoms with E-state index in [2.05, 4.69) is 20.8 Å². The molecule has 98 valence electrons. The van der Waals surface area contributed by atoms with Crippen LogP contribution in [0.5, 0.6) is 0 Å². The van der Waals surface area contributed by atoms with E-state index in [-0.39, 0.29) is 11.8 Å². The van der Waals surface area contributed by atoms with E-state index in [1.165, 1.54) is 0 Å². The molecule has 1 fully saturated rings. The molecule has 3 nitrogen and oxygen atoms in total. The van der Waals surface area contributed by atoms with Gasteiger partial charge in [0.2, 0.25) is 0 Å². The highest BCUT2D eigenvalue weighted by Crippen LogP contribution is 2.27. The van der Waals surface area contributed by atoms with Crippen molar-refractivity contribution in [2.24, 2.45) is 11.8 Å². The van der Waals surface area contributed by atoms with E-state index in [9.17, 15) is 4.79 Å². The monoisotopic (exact) mass is 331 g/mol. The van der Waals surface area contributed by atoms with E-state index in [1.807, 2.05) is 25.1 Å². The van der Waals surface area contributed by atoms with Gasteiger partial charge in [-0.05, 0) is 39.5 Å². The Morgan fingerprint density at radius 1 is 1.56 bits per heavy atom. The standard InChI is InChI=1S/C13H15BrClNO2/c1-8-5-16(7-10(8)13(17)18)6-9-2-3-12(15)11(14)4-9/h2-4,8,10H,5-7H2,1H3,(H,17,18)/t8-,10-/m1/s1. The van der Waals surface area contributed by atoms with Gasteiger partial charge in [0.1, 0.15) is 0 Å². The molecule has 5 heteroatoms. The fourth-order valence-electron chi connectivity index (χ4n) is 2.41. The first-order valence-electron chi connectivity index (χ1n) is 5.86. The van der Waals surface area contributed by atoms with Gasteiger partial charge in [-0.25, -0.2) is 0 Å². The van der Waals surface area contributed by atoms with E-state index >= 15 is 0 Å². The molecule has 0 unspecified atom stereocenters. The molecule has 0 bridgehead atoms. The molecule has 2 atom stereocenters. The Hall–Kier alpha value is -0.580. The number of carbonyl (C=O) groups is 1. The third kappa shape index (κ3) is 3.05. The van der Waals surface area contributed by atoms with E-state index in [0.29, 0.717) is 11.6 Å². The van der Waals surface area contributed by atoms with Crippen molar-refractivity contribution in [3.8, 4) is 0 Å². The Kier molecular flexibility index (Phi) is 4.30. The van der Waals surface area contributed by atoms with Crippen LogP contribution in [0.25, 0.3) is 0 Å². The van der Waals surface area contributed by atoms with Crippen LogP contribution in [0.1, 0.15) is 12.5 Å². The minimum atomic E-state index is -0.692. The highest BCUT2D eigenvalue weighted by atomic mass is 79.9. The van der Waals surface area contributed by atoms with E-state index < -0.39 is 5.97 Å². The average molecular weight is 333 g/mol. The Bertz CT molecular complexity index is 466. The number of hydrogen-bond donors (Lipinski definition) is 1. The Labute approximate surface area is 120 Å². The molecule has 0 radical (unpaired) electrons. The van der Waals surface area contributed by atoms with Gasteiger partial charge in [0, 0.05) is 24.1 Å². The summed E-state index contributed by atoms with van der Waals surface area (Å²) in [5, 5.41) is 9.79. The summed E-state index contributed by atoms with van der Waals surface area (Å²) in [5.74, 6) is -0.735. The van der Waals surface area contributed by atoms with Crippen LogP contribution in [0.2, 0.25) is 5.02 Å². The van der Waals surface area contributed by atoms with E-state index in [1.54, 1.807) is 0 Å². The van der Waals surface area contributed by atoms with Crippen LogP contribution in [0.15, 0.2) is 22.7 Å². The Morgan fingerprint density at radius 3 is 2.83 bits per heavy atom. The van der Waals surface area contributed by atoms with Gasteiger partial charge in [-0.2, -0.15) is 0 Å². The maximum atomic E-state index is 11.1. The number of hydrogen-bond acceptors (Lipinski definition) is 2. The summed E-state index contributed by atoms with van der Waals surface area (Å²) >= 11 is 9.34. The summed E-state index contributed by atoms with van der Waals surface area (Å²) in [5.41, 5.74) is 1.14. The molecule has 0 aliphatic carbocycles. The number of halogens is 2. The minimum absolute atomic E-state index is 0.207. The molecule has 1 N–H and O–H groups in total. The minimum Gasteiger partial charge on any atom is -0.481 e. The highest BCUT2D eigenvalue weighted by Gasteiger charge is 2.34. The number of aliphatic carboxylic acids is 1. The average Bonchev–Trinajstić information content (AvgIpc) is 2.65. The van der Waals surface area contributed by atoms with Crippen LogP contribution in [0.4, 0.5) is 0 Å². The molecule has 1 aromatic rings. The van der Waals surface area contributed by atoms with E-state index in [0.717, 1.165) is 23.1 Å². The Morgan fingerprint density at radius 2 is 2.28 bits per heavy atom. The SMILES string of the molecule is C[C@@H]1CN(Cc2ccc(Cl)c(Br)c2)C[C@H]1C(=O)O. The lowest BCUT2D eigenvalue weighted by atomic mass is 9.99. The molecule has 1 aliphatic rings. The first-order valence-corrected chi connectivity index (χ1v) is 7.03. The molecule has 2 rings (SSSR count). The zero-order valence-electron chi connectivity index (χ0n) is 10.1. The van der Waals surface area contributed by atoms with Crippen LogP contribution < -0.4 is 0 Å². The van der Waals surface area contributed by atoms with Gasteiger partial charge in [-0.15, -0.1) is 0 Å². The third-order valence-electron chi connectivity index (χ3n) is 3.40. The van der Waals surface area contributed by atoms with Gasteiger partial charge >= 0.3 is 5.97 Å². The molecule has 1 heterocycles. The third-order valence-corrected chi connectivity index (χ3v) is 4.61. The van der Waals surface area contributed by atoms with Crippen molar-refractivity contribution in [2.45, 2.75) is 13.5 Å². The van der Waals surface area contributed by atoms with Crippen LogP contribution in [0.3, 0.4) is 0 Å². The first kappa shape index (κ1) is 13.8. The van der Waals surface area contributed by atoms with E-state index in [4.69, 9.17) is 16.7 Å². The van der Waals surface area contributed by atoms with Gasteiger partial charge in [-0.1, -0.05) is 24.6 Å². The fourth-order valence-corrected chi connectivity index (χ4v) is 2.96. The van der Waals surface area contributed by atoms with Crippen molar-refractivity contribution in [3.63, 3.8) is 0 Å². The molecule has 0 aromatic heterocycles. The van der Waals surface area contributed by atoms with Crippen molar-refractivity contribution < 1.29 is 9.90 Å². The van der Waals surface area contributed by atoms with Crippen molar-refractivity contribution in [2.75, 3.05) is 13.1 Å². The summed E-state index contributed by atoms with van der Waals surface area (Å²) in [6, 6.07) is 5.82. The van der Waals surface area contributed by atoms with Crippen LogP contribution >= 0.6 is 27.5 Å². The van der Waals surface area contributed by atoms with Crippen molar-refractivity contribution in [1.29, 1.82) is 0 Å². The van der Waals surface area contributed by atoms with Crippen LogP contribution in [0, 0.1) is 11.8 Å². The van der Waals surface area contributed by atoms with Crippen molar-refractivity contribution >= 4 is 33.5 Å². The topological polar surface area (TPSA) is 40.5 Å². The highest BCUT2D eigenvalue weighted by molar-refractivity contribution is 9.10. The predicted octanol–water partition coefficient (Wildman–Crippen LogP) is 3.26. The van der Waals surface area contributed by atoms with Gasteiger partial charge < -0.3 is 5.11 Å². The Balaban J connectivity index is 2.03. The van der Waals surface area contributed by atoms with Crippen molar-refractivity contribution in [3.05, 3.63) is 33.3 Å². The lowest BCUT2D eigenvalue weighted by Gasteiger charge is -2.15. The normalized spacial score (nSPS) is 24.4. The predicted molar refractivity (Wildman–Crippen MR) is 74.7 cm³/mol. The summed E-state index contributed by atoms with van der Waals surface area (Å²) in [4.78, 5) is 13.2. The molecule has 0 saturated carbocycles. The second-order valence-electron chi connectivity index (χ2n) is 4.86. The molecular weight excluding hydrogens is 318 g/mol. The molecule has 1 aliphatic heterocycles. The van der Waals surface area contributed by atoms with Crippen LogP contribution in [-0.2, 0) is 11.3 Å². The lowest BCUT2D eigenvalue weighted by Crippen LogP contribution is -2.23. The summed E-state index contributed by atoms with van der Waals surface area (Å²) in [6.07, 6.45) is 0. The fraction of sp³-hybridized carbons (Fsp3) is 0.462. The second kappa shape index (κ2) is 5.59. The first-order chi connectivity index (χ1) is 8.47. The number of benzene rings is 1.